The van der Waals surface area contributed by atoms with Crippen LogP contribution in [0.2, 0.25) is 0 Å². The normalized spacial score (nSPS) is 15.2. The van der Waals surface area contributed by atoms with Gasteiger partial charge in [0.15, 0.2) is 0 Å². The third kappa shape index (κ3) is 2.98. The van der Waals surface area contributed by atoms with Gasteiger partial charge in [-0.05, 0) is 66.6 Å². The van der Waals surface area contributed by atoms with Crippen LogP contribution >= 0.6 is 23.7 Å². The number of aryl methyl sites for hydroxylation is 2. The lowest BCUT2D eigenvalue weighted by atomic mass is 9.95. The number of thiophene rings is 1. The van der Waals surface area contributed by atoms with Gasteiger partial charge in [-0.3, -0.25) is 0 Å². The van der Waals surface area contributed by atoms with Gasteiger partial charge in [-0.25, -0.2) is 0 Å². The van der Waals surface area contributed by atoms with E-state index in [1.165, 1.54) is 33.6 Å². The van der Waals surface area contributed by atoms with E-state index < -0.39 is 0 Å². The molecule has 0 radical (unpaired) electrons. The topological polar surface area (TPSA) is 12.0 Å². The largest absolute Gasteiger partial charge is 0.319 e. The van der Waals surface area contributed by atoms with E-state index in [-0.39, 0.29) is 12.4 Å². The van der Waals surface area contributed by atoms with Crippen molar-refractivity contribution in [3.05, 3.63) is 63.4 Å². The first-order valence-electron chi connectivity index (χ1n) is 6.90. The minimum Gasteiger partial charge on any atom is -0.319 e. The average molecular weight is 306 g/mol. The van der Waals surface area contributed by atoms with Gasteiger partial charge in [-0.1, -0.05) is 30.3 Å². The number of rotatable bonds is 3. The zero-order valence-corrected chi connectivity index (χ0v) is 13.3. The minimum absolute atomic E-state index is 0. The number of benzene rings is 1. The SMILES string of the molecule is CNCC/C=C1/c2ccccc2CCc2sccc21.Cl. The Kier molecular flexibility index (Phi) is 5.41. The lowest BCUT2D eigenvalue weighted by molar-refractivity contribution is 0.808. The molecule has 0 unspecified atom stereocenters. The van der Waals surface area contributed by atoms with Crippen LogP contribution in [0.4, 0.5) is 0 Å². The lowest BCUT2D eigenvalue weighted by Gasteiger charge is -2.09. The van der Waals surface area contributed by atoms with E-state index in [1.807, 2.05) is 18.4 Å². The summed E-state index contributed by atoms with van der Waals surface area (Å²) in [6, 6.07) is 11.1. The quantitative estimate of drug-likeness (QED) is 0.833. The first kappa shape index (κ1) is 15.3. The molecule has 0 bridgehead atoms. The summed E-state index contributed by atoms with van der Waals surface area (Å²) >= 11 is 1.90. The van der Waals surface area contributed by atoms with Crippen LogP contribution in [-0.2, 0) is 12.8 Å². The van der Waals surface area contributed by atoms with Crippen molar-refractivity contribution in [2.45, 2.75) is 19.3 Å². The number of nitrogens with one attached hydrogen (secondary N) is 1. The molecule has 0 atom stereocenters. The van der Waals surface area contributed by atoms with E-state index in [2.05, 4.69) is 47.1 Å². The second-order valence-electron chi connectivity index (χ2n) is 4.92. The van der Waals surface area contributed by atoms with Gasteiger partial charge in [0.2, 0.25) is 0 Å². The lowest BCUT2D eigenvalue weighted by Crippen LogP contribution is -2.06. The Morgan fingerprint density at radius 3 is 2.85 bits per heavy atom. The van der Waals surface area contributed by atoms with Gasteiger partial charge in [0, 0.05) is 4.88 Å². The van der Waals surface area contributed by atoms with Crippen molar-refractivity contribution in [3.8, 4) is 0 Å². The molecule has 0 saturated carbocycles. The molecular weight excluding hydrogens is 286 g/mol. The van der Waals surface area contributed by atoms with Gasteiger partial charge in [0.1, 0.15) is 0 Å². The maximum atomic E-state index is 3.22. The van der Waals surface area contributed by atoms with E-state index in [1.54, 1.807) is 0 Å². The standard InChI is InChI=1S/C17H19NS.ClH/c1-18-11-4-7-15-14-6-3-2-5-13(14)8-9-17-16(15)10-12-19-17;/h2-3,5-7,10,12,18H,4,8-9,11H2,1H3;1H/b15-7-;. The van der Waals surface area contributed by atoms with Gasteiger partial charge in [0.25, 0.3) is 0 Å². The van der Waals surface area contributed by atoms with E-state index in [0.29, 0.717) is 0 Å². The zero-order valence-electron chi connectivity index (χ0n) is 11.7. The van der Waals surface area contributed by atoms with Crippen molar-refractivity contribution in [1.29, 1.82) is 0 Å². The molecule has 1 N–H and O–H groups in total. The summed E-state index contributed by atoms with van der Waals surface area (Å²) < 4.78 is 0. The van der Waals surface area contributed by atoms with Crippen molar-refractivity contribution >= 4 is 29.3 Å². The van der Waals surface area contributed by atoms with E-state index in [9.17, 15) is 0 Å². The maximum Gasteiger partial charge on any atom is 0.0127 e. The van der Waals surface area contributed by atoms with E-state index in [4.69, 9.17) is 0 Å². The van der Waals surface area contributed by atoms with Crippen LogP contribution < -0.4 is 5.32 Å². The summed E-state index contributed by atoms with van der Waals surface area (Å²) in [4.78, 5) is 1.53. The molecule has 0 saturated heterocycles. The molecule has 0 amide bonds. The summed E-state index contributed by atoms with van der Waals surface area (Å²) in [6.07, 6.45) is 5.81. The highest BCUT2D eigenvalue weighted by atomic mass is 35.5. The van der Waals surface area contributed by atoms with Gasteiger partial charge < -0.3 is 5.32 Å². The number of hydrogen-bond donors (Lipinski definition) is 1. The molecule has 2 aromatic rings. The molecule has 106 valence electrons. The Labute approximate surface area is 131 Å². The molecule has 1 nitrogen and oxygen atoms in total. The van der Waals surface area contributed by atoms with Gasteiger partial charge in [-0.15, -0.1) is 23.7 Å². The predicted molar refractivity (Wildman–Crippen MR) is 91.0 cm³/mol. The Morgan fingerprint density at radius 1 is 1.15 bits per heavy atom. The summed E-state index contributed by atoms with van der Waals surface area (Å²) in [5, 5.41) is 5.45. The number of hydrogen-bond acceptors (Lipinski definition) is 2. The highest BCUT2D eigenvalue weighted by molar-refractivity contribution is 7.10. The molecule has 0 aliphatic heterocycles. The Morgan fingerprint density at radius 2 is 2.00 bits per heavy atom. The average Bonchev–Trinajstić information content (AvgIpc) is 2.85. The molecule has 1 aliphatic carbocycles. The molecule has 20 heavy (non-hydrogen) atoms. The van der Waals surface area contributed by atoms with Crippen LogP contribution in [0.5, 0.6) is 0 Å². The summed E-state index contributed by atoms with van der Waals surface area (Å²) in [5.41, 5.74) is 5.79. The van der Waals surface area contributed by atoms with Crippen molar-refractivity contribution in [1.82, 2.24) is 5.32 Å². The zero-order chi connectivity index (χ0) is 13.1. The smallest absolute Gasteiger partial charge is 0.0127 e. The molecule has 3 rings (SSSR count). The van der Waals surface area contributed by atoms with Gasteiger partial charge in [0.05, 0.1) is 0 Å². The Hall–Kier alpha value is -1.09. The molecular formula is C17H20ClNS. The van der Waals surface area contributed by atoms with Crippen LogP contribution in [-0.4, -0.2) is 13.6 Å². The highest BCUT2D eigenvalue weighted by Crippen LogP contribution is 2.36. The van der Waals surface area contributed by atoms with Gasteiger partial charge >= 0.3 is 0 Å². The fourth-order valence-corrected chi connectivity index (χ4v) is 3.64. The molecule has 0 spiro atoms. The van der Waals surface area contributed by atoms with E-state index >= 15 is 0 Å². The maximum absolute atomic E-state index is 3.22. The molecule has 1 aromatic heterocycles. The predicted octanol–water partition coefficient (Wildman–Crippen LogP) is 4.31. The van der Waals surface area contributed by atoms with Gasteiger partial charge in [-0.2, -0.15) is 0 Å². The molecule has 1 heterocycles. The summed E-state index contributed by atoms with van der Waals surface area (Å²) in [7, 11) is 2.01. The second-order valence-corrected chi connectivity index (χ2v) is 5.93. The van der Waals surface area contributed by atoms with Crippen molar-refractivity contribution < 1.29 is 0 Å². The fourth-order valence-electron chi connectivity index (χ4n) is 2.75. The van der Waals surface area contributed by atoms with Crippen LogP contribution in [0, 0.1) is 0 Å². The summed E-state index contributed by atoms with van der Waals surface area (Å²) in [6.45, 7) is 1.03. The first-order valence-corrected chi connectivity index (χ1v) is 7.78. The third-order valence-electron chi connectivity index (χ3n) is 3.71. The van der Waals surface area contributed by atoms with Crippen LogP contribution in [0.3, 0.4) is 0 Å². The van der Waals surface area contributed by atoms with Crippen molar-refractivity contribution in [2.24, 2.45) is 0 Å². The summed E-state index contributed by atoms with van der Waals surface area (Å²) in [5.74, 6) is 0. The van der Waals surface area contributed by atoms with Crippen molar-refractivity contribution in [2.75, 3.05) is 13.6 Å². The number of halogens is 1. The molecule has 0 fully saturated rings. The van der Waals surface area contributed by atoms with Crippen molar-refractivity contribution in [3.63, 3.8) is 0 Å². The minimum atomic E-state index is 0. The van der Waals surface area contributed by atoms with E-state index in [0.717, 1.165) is 19.4 Å². The monoisotopic (exact) mass is 305 g/mol. The molecule has 1 aliphatic rings. The second kappa shape index (κ2) is 7.07. The first-order chi connectivity index (χ1) is 9.40. The fraction of sp³-hybridized carbons (Fsp3) is 0.294. The van der Waals surface area contributed by atoms with Crippen LogP contribution in [0.15, 0.2) is 41.8 Å². The number of fused-ring (bicyclic) bond motifs is 2. The van der Waals surface area contributed by atoms with Crippen LogP contribution in [0.25, 0.3) is 5.57 Å². The Bertz CT molecular complexity index is 601. The Balaban J connectivity index is 0.00000147. The molecule has 3 heteroatoms. The van der Waals surface area contributed by atoms with Crippen LogP contribution in [0.1, 0.15) is 28.0 Å². The third-order valence-corrected chi connectivity index (χ3v) is 4.69. The highest BCUT2D eigenvalue weighted by Gasteiger charge is 2.18. The molecule has 1 aromatic carbocycles.